The molecule has 0 spiro atoms. The summed E-state index contributed by atoms with van der Waals surface area (Å²) >= 11 is 0. The van der Waals surface area contributed by atoms with Gasteiger partial charge >= 0.3 is 12.4 Å². The summed E-state index contributed by atoms with van der Waals surface area (Å²) in [5.74, 6) is -2.11. The average Bonchev–Trinajstić information content (AvgIpc) is 2.69. The van der Waals surface area contributed by atoms with Crippen LogP contribution in [-0.2, 0) is 17.5 Å². The van der Waals surface area contributed by atoms with Crippen molar-refractivity contribution in [3.05, 3.63) is 47.3 Å². The average molecular weight is 450 g/mol. The first-order chi connectivity index (χ1) is 14.4. The Labute approximate surface area is 171 Å². The number of alkyl halides is 6. The molecule has 13 heteroatoms. The third-order valence-electron chi connectivity index (χ3n) is 3.65. The van der Waals surface area contributed by atoms with Crippen LogP contribution in [-0.4, -0.2) is 34.6 Å². The maximum atomic E-state index is 13.2. The van der Waals surface area contributed by atoms with Crippen molar-refractivity contribution in [3.8, 4) is 5.88 Å². The van der Waals surface area contributed by atoms with Crippen LogP contribution in [0.5, 0.6) is 5.88 Å². The number of amides is 2. The molecule has 0 atom stereocenters. The van der Waals surface area contributed by atoms with Crippen LogP contribution >= 0.6 is 0 Å². The van der Waals surface area contributed by atoms with Crippen LogP contribution in [0, 0.1) is 0 Å². The molecule has 7 nitrogen and oxygen atoms in total. The van der Waals surface area contributed by atoms with Gasteiger partial charge in [-0.05, 0) is 23.8 Å². The van der Waals surface area contributed by atoms with E-state index in [0.717, 1.165) is 6.20 Å². The number of aromatic nitrogens is 2. The van der Waals surface area contributed by atoms with E-state index in [1.807, 2.05) is 0 Å². The summed E-state index contributed by atoms with van der Waals surface area (Å²) < 4.78 is 80.3. The molecule has 2 amide bonds. The highest BCUT2D eigenvalue weighted by Crippen LogP contribution is 2.36. The SMILES string of the molecule is CCC(=O)Nc1cc(C(=O)NCc2cnc(OCC(F)(F)F)c(C(F)(F)F)c2)ccn1. The Balaban J connectivity index is 2.12. The lowest BCUT2D eigenvalue weighted by molar-refractivity contribution is -0.159. The Kier molecular flexibility index (Phi) is 7.41. The molecule has 168 valence electrons. The number of hydrogen-bond donors (Lipinski definition) is 2. The third-order valence-corrected chi connectivity index (χ3v) is 3.65. The number of carbonyl (C=O) groups excluding carboxylic acids is 2. The number of carbonyl (C=O) groups is 2. The van der Waals surface area contributed by atoms with Crippen molar-refractivity contribution >= 4 is 17.6 Å². The van der Waals surface area contributed by atoms with Crippen molar-refractivity contribution in [1.82, 2.24) is 15.3 Å². The molecule has 2 heterocycles. The topological polar surface area (TPSA) is 93.2 Å². The molecule has 0 unspecified atom stereocenters. The van der Waals surface area contributed by atoms with Gasteiger partial charge in [-0.3, -0.25) is 9.59 Å². The highest BCUT2D eigenvalue weighted by Gasteiger charge is 2.37. The summed E-state index contributed by atoms with van der Waals surface area (Å²) in [4.78, 5) is 30.8. The molecular formula is C18H16F6N4O3. The fourth-order valence-corrected chi connectivity index (χ4v) is 2.22. The number of halogens is 6. The summed E-state index contributed by atoms with van der Waals surface area (Å²) in [6.45, 7) is -0.708. The van der Waals surface area contributed by atoms with Crippen molar-refractivity contribution in [2.45, 2.75) is 32.2 Å². The summed E-state index contributed by atoms with van der Waals surface area (Å²) in [5.41, 5.74) is -1.54. The Morgan fingerprint density at radius 3 is 2.42 bits per heavy atom. The largest absolute Gasteiger partial charge is 0.468 e. The summed E-state index contributed by atoms with van der Waals surface area (Å²) in [7, 11) is 0. The van der Waals surface area contributed by atoms with E-state index in [1.54, 1.807) is 6.92 Å². The third kappa shape index (κ3) is 7.42. The molecule has 31 heavy (non-hydrogen) atoms. The number of pyridine rings is 2. The molecule has 2 aromatic rings. The first kappa shape index (κ1) is 23.9. The van der Waals surface area contributed by atoms with Crippen LogP contribution in [0.3, 0.4) is 0 Å². The second kappa shape index (κ2) is 9.62. The normalized spacial score (nSPS) is 11.7. The van der Waals surface area contributed by atoms with Gasteiger partial charge in [0.1, 0.15) is 11.4 Å². The number of hydrogen-bond acceptors (Lipinski definition) is 5. The molecule has 0 aliphatic heterocycles. The molecule has 0 saturated carbocycles. The van der Waals surface area contributed by atoms with Crippen LogP contribution in [0.4, 0.5) is 32.2 Å². The lowest BCUT2D eigenvalue weighted by Gasteiger charge is -2.15. The molecule has 0 aromatic carbocycles. The van der Waals surface area contributed by atoms with Crippen LogP contribution < -0.4 is 15.4 Å². The van der Waals surface area contributed by atoms with E-state index in [-0.39, 0.29) is 29.3 Å². The number of anilines is 1. The predicted molar refractivity (Wildman–Crippen MR) is 95.1 cm³/mol. The molecule has 0 aliphatic carbocycles. The van der Waals surface area contributed by atoms with Gasteiger partial charge in [0.05, 0.1) is 0 Å². The fourth-order valence-electron chi connectivity index (χ4n) is 2.22. The van der Waals surface area contributed by atoms with Crippen molar-refractivity contribution < 1.29 is 40.7 Å². The van der Waals surface area contributed by atoms with Gasteiger partial charge in [-0.1, -0.05) is 6.92 Å². The van der Waals surface area contributed by atoms with Crippen molar-refractivity contribution in [2.75, 3.05) is 11.9 Å². The molecule has 2 N–H and O–H groups in total. The number of nitrogens with one attached hydrogen (secondary N) is 2. The van der Waals surface area contributed by atoms with Crippen molar-refractivity contribution in [2.24, 2.45) is 0 Å². The maximum Gasteiger partial charge on any atom is 0.422 e. The Bertz CT molecular complexity index is 947. The zero-order valence-electron chi connectivity index (χ0n) is 15.9. The number of ether oxygens (including phenoxy) is 1. The van der Waals surface area contributed by atoms with Crippen LogP contribution in [0.1, 0.15) is 34.8 Å². The van der Waals surface area contributed by atoms with E-state index >= 15 is 0 Å². The first-order valence-electron chi connectivity index (χ1n) is 8.69. The molecule has 0 fully saturated rings. The minimum atomic E-state index is -5.02. The molecule has 0 aliphatic rings. The Hall–Kier alpha value is -3.38. The van der Waals surface area contributed by atoms with E-state index in [0.29, 0.717) is 6.07 Å². The van der Waals surface area contributed by atoms with Crippen LogP contribution in [0.15, 0.2) is 30.6 Å². The van der Waals surface area contributed by atoms with Crippen LogP contribution in [0.25, 0.3) is 0 Å². The van der Waals surface area contributed by atoms with E-state index in [4.69, 9.17) is 0 Å². The molecular weight excluding hydrogens is 434 g/mol. The Morgan fingerprint density at radius 2 is 1.81 bits per heavy atom. The van der Waals surface area contributed by atoms with Gasteiger partial charge in [0, 0.05) is 30.9 Å². The highest BCUT2D eigenvalue weighted by atomic mass is 19.4. The second-order valence-electron chi connectivity index (χ2n) is 6.11. The van der Waals surface area contributed by atoms with E-state index in [9.17, 15) is 35.9 Å². The number of rotatable bonds is 7. The van der Waals surface area contributed by atoms with E-state index in [1.165, 1.54) is 18.3 Å². The van der Waals surface area contributed by atoms with Crippen LogP contribution in [0.2, 0.25) is 0 Å². The van der Waals surface area contributed by atoms with Gasteiger partial charge in [0.15, 0.2) is 6.61 Å². The van der Waals surface area contributed by atoms with Gasteiger partial charge in [-0.25, -0.2) is 9.97 Å². The zero-order valence-corrected chi connectivity index (χ0v) is 15.9. The fraction of sp³-hybridized carbons (Fsp3) is 0.333. The van der Waals surface area contributed by atoms with Gasteiger partial charge in [-0.15, -0.1) is 0 Å². The molecule has 2 aromatic heterocycles. The lowest BCUT2D eigenvalue weighted by Crippen LogP contribution is -2.24. The molecule has 0 radical (unpaired) electrons. The smallest absolute Gasteiger partial charge is 0.422 e. The zero-order chi connectivity index (χ0) is 23.2. The quantitative estimate of drug-likeness (QED) is 0.628. The van der Waals surface area contributed by atoms with E-state index < -0.39 is 42.9 Å². The lowest BCUT2D eigenvalue weighted by atomic mass is 10.1. The van der Waals surface area contributed by atoms with Gasteiger partial charge < -0.3 is 15.4 Å². The molecule has 2 rings (SSSR count). The summed E-state index contributed by atoms with van der Waals surface area (Å²) in [5, 5.41) is 4.81. The molecule has 0 saturated heterocycles. The maximum absolute atomic E-state index is 13.2. The minimum absolute atomic E-state index is 0.0792. The summed E-state index contributed by atoms with van der Waals surface area (Å²) in [6, 6.07) is 3.14. The van der Waals surface area contributed by atoms with Gasteiger partial charge in [0.2, 0.25) is 11.8 Å². The van der Waals surface area contributed by atoms with Crippen molar-refractivity contribution in [1.29, 1.82) is 0 Å². The monoisotopic (exact) mass is 450 g/mol. The predicted octanol–water partition coefficient (Wildman–Crippen LogP) is 3.72. The summed E-state index contributed by atoms with van der Waals surface area (Å²) in [6.07, 6.45) is -7.55. The van der Waals surface area contributed by atoms with Gasteiger partial charge in [0.25, 0.3) is 5.91 Å². The van der Waals surface area contributed by atoms with Gasteiger partial charge in [-0.2, -0.15) is 26.3 Å². The molecule has 0 bridgehead atoms. The highest BCUT2D eigenvalue weighted by molar-refractivity contribution is 5.96. The first-order valence-corrected chi connectivity index (χ1v) is 8.69. The van der Waals surface area contributed by atoms with Crippen molar-refractivity contribution in [3.63, 3.8) is 0 Å². The van der Waals surface area contributed by atoms with E-state index in [2.05, 4.69) is 25.3 Å². The second-order valence-corrected chi connectivity index (χ2v) is 6.11. The minimum Gasteiger partial charge on any atom is -0.468 e. The number of nitrogens with zero attached hydrogens (tertiary/aromatic N) is 2. The Morgan fingerprint density at radius 1 is 1.10 bits per heavy atom. The standard InChI is InChI=1S/C18H16F6N4O3/c1-2-14(29)28-13-6-11(3-4-25-13)15(30)26-7-10-5-12(18(22,23)24)16(27-8-10)31-9-17(19,20)21/h3-6,8H,2,7,9H2,1H3,(H,26,30)(H,25,28,29).